The summed E-state index contributed by atoms with van der Waals surface area (Å²) >= 11 is 3.51. The molecule has 17 heavy (non-hydrogen) atoms. The zero-order chi connectivity index (χ0) is 12.6. The first kappa shape index (κ1) is 12.2. The molecule has 0 saturated carbocycles. The number of nitrogens with zero attached hydrogens (tertiary/aromatic N) is 1. The van der Waals surface area contributed by atoms with Gasteiger partial charge in [-0.1, -0.05) is 0 Å². The lowest BCUT2D eigenvalue weighted by Gasteiger charge is -2.21. The standard InChI is InChI=1S/C12H16BrN3O/c1-7-4-11(9(13)5-10(7)14)16-3-2-8(6-16)12(15)17/h4-5,8H,2-3,6,14H2,1H3,(H2,15,17). The van der Waals surface area contributed by atoms with E-state index in [-0.39, 0.29) is 11.8 Å². The highest BCUT2D eigenvalue weighted by Crippen LogP contribution is 2.33. The SMILES string of the molecule is Cc1cc(N2CCC(C(N)=O)C2)c(Br)cc1N. The second-order valence-electron chi connectivity index (χ2n) is 4.49. The van der Waals surface area contributed by atoms with E-state index in [1.54, 1.807) is 0 Å². The first-order valence-electron chi connectivity index (χ1n) is 5.59. The van der Waals surface area contributed by atoms with Gasteiger partial charge in [0.2, 0.25) is 5.91 Å². The normalized spacial score (nSPS) is 19.6. The van der Waals surface area contributed by atoms with Crippen LogP contribution in [0.3, 0.4) is 0 Å². The van der Waals surface area contributed by atoms with E-state index in [2.05, 4.69) is 20.8 Å². The minimum absolute atomic E-state index is 0.0419. The zero-order valence-corrected chi connectivity index (χ0v) is 11.3. The summed E-state index contributed by atoms with van der Waals surface area (Å²) in [6.45, 7) is 3.53. The number of nitrogens with two attached hydrogens (primary N) is 2. The van der Waals surface area contributed by atoms with E-state index in [0.717, 1.165) is 34.4 Å². The summed E-state index contributed by atoms with van der Waals surface area (Å²) in [6, 6.07) is 3.95. The lowest BCUT2D eigenvalue weighted by Crippen LogP contribution is -2.27. The quantitative estimate of drug-likeness (QED) is 0.815. The number of rotatable bonds is 2. The maximum atomic E-state index is 11.1. The monoisotopic (exact) mass is 297 g/mol. The Hall–Kier alpha value is -1.23. The van der Waals surface area contributed by atoms with Crippen LogP contribution in [0.4, 0.5) is 11.4 Å². The molecule has 1 fully saturated rings. The Morgan fingerprint density at radius 2 is 2.24 bits per heavy atom. The summed E-state index contributed by atoms with van der Waals surface area (Å²) < 4.78 is 0.964. The summed E-state index contributed by atoms with van der Waals surface area (Å²) in [5, 5.41) is 0. The molecule has 92 valence electrons. The summed E-state index contributed by atoms with van der Waals surface area (Å²) in [6.07, 6.45) is 0.825. The second kappa shape index (κ2) is 4.56. The maximum Gasteiger partial charge on any atom is 0.222 e. The van der Waals surface area contributed by atoms with Gasteiger partial charge in [0.05, 0.1) is 11.6 Å². The molecule has 1 amide bonds. The summed E-state index contributed by atoms with van der Waals surface area (Å²) in [5.74, 6) is -0.254. The Morgan fingerprint density at radius 3 is 2.82 bits per heavy atom. The predicted octanol–water partition coefficient (Wildman–Crippen LogP) is 1.65. The number of aryl methyl sites for hydroxylation is 1. The lowest BCUT2D eigenvalue weighted by atomic mass is 10.1. The molecule has 1 saturated heterocycles. The van der Waals surface area contributed by atoms with E-state index in [1.807, 2.05) is 19.1 Å². The summed E-state index contributed by atoms with van der Waals surface area (Å²) in [7, 11) is 0. The molecule has 0 radical (unpaired) electrons. The average Bonchev–Trinajstić information content (AvgIpc) is 2.72. The van der Waals surface area contributed by atoms with Gasteiger partial charge in [0.15, 0.2) is 0 Å². The number of hydrogen-bond acceptors (Lipinski definition) is 3. The molecule has 1 aromatic carbocycles. The molecule has 4 nitrogen and oxygen atoms in total. The van der Waals surface area contributed by atoms with Crippen molar-refractivity contribution in [2.24, 2.45) is 11.7 Å². The van der Waals surface area contributed by atoms with Gasteiger partial charge in [0, 0.05) is 23.2 Å². The van der Waals surface area contributed by atoms with Gasteiger partial charge >= 0.3 is 0 Å². The number of hydrogen-bond donors (Lipinski definition) is 2. The van der Waals surface area contributed by atoms with Crippen LogP contribution in [0.2, 0.25) is 0 Å². The van der Waals surface area contributed by atoms with Gasteiger partial charge < -0.3 is 16.4 Å². The molecule has 0 aromatic heterocycles. The molecule has 2 rings (SSSR count). The van der Waals surface area contributed by atoms with Crippen molar-refractivity contribution in [2.45, 2.75) is 13.3 Å². The number of primary amides is 1. The van der Waals surface area contributed by atoms with Gasteiger partial charge in [0.1, 0.15) is 0 Å². The first-order valence-corrected chi connectivity index (χ1v) is 6.38. The van der Waals surface area contributed by atoms with Gasteiger partial charge in [-0.25, -0.2) is 0 Å². The first-order chi connectivity index (χ1) is 7.99. The molecule has 0 spiro atoms. The van der Waals surface area contributed by atoms with Gasteiger partial charge in [-0.3, -0.25) is 4.79 Å². The van der Waals surface area contributed by atoms with E-state index in [4.69, 9.17) is 11.5 Å². The highest BCUT2D eigenvalue weighted by molar-refractivity contribution is 9.10. The van der Waals surface area contributed by atoms with Gasteiger partial charge in [-0.15, -0.1) is 0 Å². The Labute approximate surface area is 109 Å². The third-order valence-electron chi connectivity index (χ3n) is 3.27. The molecule has 1 heterocycles. The number of carbonyl (C=O) groups excluding carboxylic acids is 1. The van der Waals surface area contributed by atoms with Crippen LogP contribution in [-0.2, 0) is 4.79 Å². The van der Waals surface area contributed by atoms with Crippen molar-refractivity contribution in [1.29, 1.82) is 0 Å². The van der Waals surface area contributed by atoms with Crippen molar-refractivity contribution in [3.8, 4) is 0 Å². The van der Waals surface area contributed by atoms with Crippen LogP contribution >= 0.6 is 15.9 Å². The fourth-order valence-corrected chi connectivity index (χ4v) is 2.75. The molecule has 4 N–H and O–H groups in total. The highest BCUT2D eigenvalue weighted by Gasteiger charge is 2.27. The van der Waals surface area contributed by atoms with Crippen LogP contribution < -0.4 is 16.4 Å². The number of amides is 1. The minimum Gasteiger partial charge on any atom is -0.398 e. The molecule has 0 aliphatic carbocycles. The molecule has 5 heteroatoms. The number of halogens is 1. The zero-order valence-electron chi connectivity index (χ0n) is 9.74. The number of nitrogen functional groups attached to an aromatic ring is 1. The van der Waals surface area contributed by atoms with Crippen LogP contribution in [0.25, 0.3) is 0 Å². The van der Waals surface area contributed by atoms with E-state index in [1.165, 1.54) is 0 Å². The smallest absolute Gasteiger partial charge is 0.222 e. The van der Waals surface area contributed by atoms with Gasteiger partial charge in [-0.05, 0) is 47.0 Å². The second-order valence-corrected chi connectivity index (χ2v) is 5.35. The Kier molecular flexibility index (Phi) is 3.28. The topological polar surface area (TPSA) is 72.3 Å². The summed E-state index contributed by atoms with van der Waals surface area (Å²) in [4.78, 5) is 13.3. The minimum atomic E-state index is -0.212. The van der Waals surface area contributed by atoms with Crippen LogP contribution in [0.1, 0.15) is 12.0 Å². The van der Waals surface area contributed by atoms with Crippen molar-refractivity contribution >= 4 is 33.2 Å². The van der Waals surface area contributed by atoms with Crippen molar-refractivity contribution in [3.05, 3.63) is 22.2 Å². The molecule has 0 bridgehead atoms. The van der Waals surface area contributed by atoms with E-state index in [9.17, 15) is 4.79 Å². The van der Waals surface area contributed by atoms with Crippen molar-refractivity contribution in [3.63, 3.8) is 0 Å². The largest absolute Gasteiger partial charge is 0.398 e. The van der Waals surface area contributed by atoms with Crippen molar-refractivity contribution in [2.75, 3.05) is 23.7 Å². The molecular formula is C12H16BrN3O. The number of carbonyl (C=O) groups is 1. The fourth-order valence-electron chi connectivity index (χ4n) is 2.14. The predicted molar refractivity (Wildman–Crippen MR) is 72.8 cm³/mol. The number of benzene rings is 1. The van der Waals surface area contributed by atoms with Crippen LogP contribution in [0, 0.1) is 12.8 Å². The Bertz CT molecular complexity index is 461. The molecule has 1 unspecified atom stereocenters. The van der Waals surface area contributed by atoms with Gasteiger partial charge in [0.25, 0.3) is 0 Å². The Morgan fingerprint density at radius 1 is 1.53 bits per heavy atom. The van der Waals surface area contributed by atoms with E-state index < -0.39 is 0 Å². The lowest BCUT2D eigenvalue weighted by molar-refractivity contribution is -0.121. The molecule has 1 atom stereocenters. The average molecular weight is 298 g/mol. The third-order valence-corrected chi connectivity index (χ3v) is 3.90. The van der Waals surface area contributed by atoms with E-state index >= 15 is 0 Å². The summed E-state index contributed by atoms with van der Waals surface area (Å²) in [5.41, 5.74) is 14.1. The van der Waals surface area contributed by atoms with Crippen LogP contribution in [-0.4, -0.2) is 19.0 Å². The molecule has 1 aliphatic rings. The van der Waals surface area contributed by atoms with E-state index in [0.29, 0.717) is 6.54 Å². The molecule has 1 aliphatic heterocycles. The Balaban J connectivity index is 2.24. The van der Waals surface area contributed by atoms with Crippen molar-refractivity contribution < 1.29 is 4.79 Å². The van der Waals surface area contributed by atoms with Crippen LogP contribution in [0.15, 0.2) is 16.6 Å². The van der Waals surface area contributed by atoms with Gasteiger partial charge in [-0.2, -0.15) is 0 Å². The van der Waals surface area contributed by atoms with Crippen LogP contribution in [0.5, 0.6) is 0 Å². The maximum absolute atomic E-state index is 11.1. The third kappa shape index (κ3) is 2.39. The highest BCUT2D eigenvalue weighted by atomic mass is 79.9. The van der Waals surface area contributed by atoms with Crippen molar-refractivity contribution in [1.82, 2.24) is 0 Å². The molecular weight excluding hydrogens is 282 g/mol. The molecule has 1 aromatic rings. The number of anilines is 2. The fraction of sp³-hybridized carbons (Fsp3) is 0.417.